The van der Waals surface area contributed by atoms with Crippen LogP contribution in [0.15, 0.2) is 48.5 Å². The molecule has 114 valence electrons. The number of anilines is 2. The second-order valence-electron chi connectivity index (χ2n) is 5.64. The summed E-state index contributed by atoms with van der Waals surface area (Å²) in [5, 5.41) is 4.00. The molecule has 3 rings (SSSR count). The number of hydrogen-bond donors (Lipinski definition) is 1. The molecule has 0 amide bonds. The molecule has 0 bridgehead atoms. The van der Waals surface area contributed by atoms with Crippen molar-refractivity contribution in [3.05, 3.63) is 59.1 Å². The van der Waals surface area contributed by atoms with Gasteiger partial charge in [-0.05, 0) is 48.7 Å². The topological polar surface area (TPSA) is 38.3 Å². The van der Waals surface area contributed by atoms with E-state index in [1.165, 1.54) is 7.11 Å². The average Bonchev–Trinajstić information content (AvgIpc) is 2.47. The van der Waals surface area contributed by atoms with Crippen molar-refractivity contribution in [1.29, 1.82) is 0 Å². The maximum Gasteiger partial charge on any atom is 0.316 e. The largest absolute Gasteiger partial charge is 0.468 e. The standard InChI is InChI=1S/C18H18ClNO2/c1-22-17(21)18(10-3-11-18)13-6-8-15(9-7-13)20-16-5-2-4-14(19)12-16/h2,4-9,12,20H,3,10-11H2,1H3. The van der Waals surface area contributed by atoms with Crippen LogP contribution in [-0.4, -0.2) is 13.1 Å². The van der Waals surface area contributed by atoms with Crippen LogP contribution >= 0.6 is 11.6 Å². The number of benzene rings is 2. The van der Waals surface area contributed by atoms with Crippen molar-refractivity contribution < 1.29 is 9.53 Å². The molecule has 2 aromatic carbocycles. The van der Waals surface area contributed by atoms with Crippen LogP contribution in [0.5, 0.6) is 0 Å². The molecule has 0 atom stereocenters. The maximum atomic E-state index is 12.1. The van der Waals surface area contributed by atoms with Crippen LogP contribution in [0.4, 0.5) is 11.4 Å². The van der Waals surface area contributed by atoms with Gasteiger partial charge in [-0.3, -0.25) is 4.79 Å². The molecule has 0 spiro atoms. The summed E-state index contributed by atoms with van der Waals surface area (Å²) in [7, 11) is 1.46. The molecule has 1 aliphatic carbocycles. The highest BCUT2D eigenvalue weighted by atomic mass is 35.5. The molecule has 0 aromatic heterocycles. The monoisotopic (exact) mass is 315 g/mol. The van der Waals surface area contributed by atoms with Crippen molar-refractivity contribution >= 4 is 28.9 Å². The van der Waals surface area contributed by atoms with E-state index in [-0.39, 0.29) is 5.97 Å². The van der Waals surface area contributed by atoms with Gasteiger partial charge in [-0.2, -0.15) is 0 Å². The van der Waals surface area contributed by atoms with Gasteiger partial charge < -0.3 is 10.1 Å². The van der Waals surface area contributed by atoms with Crippen LogP contribution < -0.4 is 5.32 Å². The SMILES string of the molecule is COC(=O)C1(c2ccc(Nc3cccc(Cl)c3)cc2)CCC1. The van der Waals surface area contributed by atoms with Crippen LogP contribution in [0.25, 0.3) is 0 Å². The molecule has 2 aromatic rings. The van der Waals surface area contributed by atoms with Gasteiger partial charge in [0.25, 0.3) is 0 Å². The van der Waals surface area contributed by atoms with Crippen LogP contribution in [0.2, 0.25) is 5.02 Å². The summed E-state index contributed by atoms with van der Waals surface area (Å²) >= 11 is 5.98. The van der Waals surface area contributed by atoms with E-state index in [9.17, 15) is 4.79 Å². The number of halogens is 1. The number of carbonyl (C=O) groups excluding carboxylic acids is 1. The summed E-state index contributed by atoms with van der Waals surface area (Å²) in [6.07, 6.45) is 2.79. The van der Waals surface area contributed by atoms with E-state index in [2.05, 4.69) is 5.32 Å². The van der Waals surface area contributed by atoms with Crippen LogP contribution in [0.3, 0.4) is 0 Å². The number of rotatable bonds is 4. The normalized spacial score (nSPS) is 15.7. The molecule has 4 heteroatoms. The molecule has 3 nitrogen and oxygen atoms in total. The average molecular weight is 316 g/mol. The van der Waals surface area contributed by atoms with Crippen molar-refractivity contribution in [2.45, 2.75) is 24.7 Å². The number of carbonyl (C=O) groups is 1. The molecule has 0 saturated heterocycles. The number of esters is 1. The van der Waals surface area contributed by atoms with E-state index >= 15 is 0 Å². The second-order valence-corrected chi connectivity index (χ2v) is 6.08. The Balaban J connectivity index is 1.79. The maximum absolute atomic E-state index is 12.1. The molecule has 0 radical (unpaired) electrons. The Morgan fingerprint density at radius 1 is 1.14 bits per heavy atom. The summed E-state index contributed by atoms with van der Waals surface area (Å²) < 4.78 is 4.98. The third kappa shape index (κ3) is 2.69. The molecule has 1 saturated carbocycles. The number of methoxy groups -OCH3 is 1. The number of hydrogen-bond acceptors (Lipinski definition) is 3. The van der Waals surface area contributed by atoms with E-state index in [1.807, 2.05) is 48.5 Å². The van der Waals surface area contributed by atoms with Gasteiger partial charge in [-0.1, -0.05) is 36.2 Å². The molecule has 1 aliphatic rings. The minimum atomic E-state index is -0.441. The minimum absolute atomic E-state index is 0.130. The Morgan fingerprint density at radius 2 is 1.86 bits per heavy atom. The van der Waals surface area contributed by atoms with Gasteiger partial charge in [0.15, 0.2) is 0 Å². The molecule has 1 fully saturated rings. The van der Waals surface area contributed by atoms with Gasteiger partial charge in [0.1, 0.15) is 0 Å². The lowest BCUT2D eigenvalue weighted by atomic mass is 9.64. The summed E-state index contributed by atoms with van der Waals surface area (Å²) in [6.45, 7) is 0. The fraction of sp³-hybridized carbons (Fsp3) is 0.278. The first-order chi connectivity index (χ1) is 10.6. The highest BCUT2D eigenvalue weighted by Gasteiger charge is 2.46. The van der Waals surface area contributed by atoms with Gasteiger partial charge >= 0.3 is 5.97 Å². The first kappa shape index (κ1) is 14.9. The smallest absolute Gasteiger partial charge is 0.316 e. The summed E-state index contributed by atoms with van der Waals surface area (Å²) in [5.41, 5.74) is 2.49. The molecular formula is C18H18ClNO2. The lowest BCUT2D eigenvalue weighted by molar-refractivity contribution is -0.151. The first-order valence-corrected chi connectivity index (χ1v) is 7.73. The second kappa shape index (κ2) is 6.01. The Morgan fingerprint density at radius 3 is 2.41 bits per heavy atom. The third-order valence-electron chi connectivity index (χ3n) is 4.33. The van der Waals surface area contributed by atoms with Crippen molar-refractivity contribution in [1.82, 2.24) is 0 Å². The summed E-state index contributed by atoms with van der Waals surface area (Å²) in [5.74, 6) is -0.130. The first-order valence-electron chi connectivity index (χ1n) is 7.36. The van der Waals surface area contributed by atoms with Gasteiger partial charge in [0.05, 0.1) is 12.5 Å². The third-order valence-corrected chi connectivity index (χ3v) is 4.57. The zero-order valence-electron chi connectivity index (χ0n) is 12.4. The fourth-order valence-electron chi connectivity index (χ4n) is 2.94. The molecule has 0 unspecified atom stereocenters. The fourth-order valence-corrected chi connectivity index (χ4v) is 3.13. The zero-order chi connectivity index (χ0) is 15.6. The zero-order valence-corrected chi connectivity index (χ0v) is 13.2. The van der Waals surface area contributed by atoms with Gasteiger partial charge in [-0.15, -0.1) is 0 Å². The number of nitrogens with one attached hydrogen (secondary N) is 1. The Kier molecular flexibility index (Phi) is 4.08. The van der Waals surface area contributed by atoms with Gasteiger partial charge in [-0.25, -0.2) is 0 Å². The Bertz CT molecular complexity index is 678. The molecule has 1 N–H and O–H groups in total. The van der Waals surface area contributed by atoms with Crippen LogP contribution in [0, 0.1) is 0 Å². The lowest BCUT2D eigenvalue weighted by Crippen LogP contribution is -2.43. The number of ether oxygens (including phenoxy) is 1. The van der Waals surface area contributed by atoms with Gasteiger partial charge in [0, 0.05) is 16.4 Å². The molecule has 0 heterocycles. The quantitative estimate of drug-likeness (QED) is 0.833. The summed E-state index contributed by atoms with van der Waals surface area (Å²) in [4.78, 5) is 12.1. The Labute approximate surface area is 135 Å². The van der Waals surface area contributed by atoms with E-state index in [0.717, 1.165) is 36.2 Å². The lowest BCUT2D eigenvalue weighted by Gasteiger charge is -2.39. The molecule has 0 aliphatic heterocycles. The van der Waals surface area contributed by atoms with Crippen LogP contribution in [-0.2, 0) is 14.9 Å². The Hall–Kier alpha value is -2.00. The molecular weight excluding hydrogens is 298 g/mol. The van der Waals surface area contributed by atoms with Gasteiger partial charge in [0.2, 0.25) is 0 Å². The molecule has 22 heavy (non-hydrogen) atoms. The van der Waals surface area contributed by atoms with E-state index in [1.54, 1.807) is 0 Å². The highest BCUT2D eigenvalue weighted by Crippen LogP contribution is 2.45. The predicted molar refractivity (Wildman–Crippen MR) is 88.7 cm³/mol. The van der Waals surface area contributed by atoms with E-state index in [0.29, 0.717) is 5.02 Å². The van der Waals surface area contributed by atoms with E-state index < -0.39 is 5.41 Å². The minimum Gasteiger partial charge on any atom is -0.468 e. The van der Waals surface area contributed by atoms with Crippen LogP contribution in [0.1, 0.15) is 24.8 Å². The van der Waals surface area contributed by atoms with E-state index in [4.69, 9.17) is 16.3 Å². The van der Waals surface area contributed by atoms with Crippen molar-refractivity contribution in [3.63, 3.8) is 0 Å². The van der Waals surface area contributed by atoms with Crippen molar-refractivity contribution in [2.75, 3.05) is 12.4 Å². The highest BCUT2D eigenvalue weighted by molar-refractivity contribution is 6.30. The predicted octanol–water partition coefficient (Wildman–Crippen LogP) is 4.68. The van der Waals surface area contributed by atoms with Crippen molar-refractivity contribution in [2.24, 2.45) is 0 Å². The summed E-state index contributed by atoms with van der Waals surface area (Å²) in [6, 6.07) is 15.6. The van der Waals surface area contributed by atoms with Crippen molar-refractivity contribution in [3.8, 4) is 0 Å².